The first-order valence-electron chi connectivity index (χ1n) is 10.3. The molecule has 0 amide bonds. The number of rotatable bonds is 10. The molecule has 2 N–H and O–H groups in total. The summed E-state index contributed by atoms with van der Waals surface area (Å²) in [4.78, 5) is 27.8. The molecule has 2 aromatic heterocycles. The van der Waals surface area contributed by atoms with Gasteiger partial charge in [0.05, 0.1) is 31.3 Å². The Morgan fingerprint density at radius 1 is 0.943 bits per heavy atom. The summed E-state index contributed by atoms with van der Waals surface area (Å²) in [5, 5.41) is 28.0. The Hall–Kier alpha value is -2.66. The van der Waals surface area contributed by atoms with E-state index in [4.69, 9.17) is 46.4 Å². The van der Waals surface area contributed by atoms with Gasteiger partial charge in [-0.25, -0.2) is 9.97 Å². The average Bonchev–Trinajstić information content (AvgIpc) is 2.77. The predicted octanol–water partition coefficient (Wildman–Crippen LogP) is 5.88. The summed E-state index contributed by atoms with van der Waals surface area (Å²) in [6.45, 7) is 6.76. The first kappa shape index (κ1) is 30.4. The lowest BCUT2D eigenvalue weighted by atomic mass is 10.00. The Labute approximate surface area is 222 Å². The normalized spacial score (nSPS) is 12.3. The van der Waals surface area contributed by atoms with E-state index in [1.54, 1.807) is 24.5 Å². The van der Waals surface area contributed by atoms with Crippen LogP contribution in [0, 0.1) is 20.2 Å². The number of hydrogen-bond acceptors (Lipinski definition) is 8. The highest BCUT2D eigenvalue weighted by atomic mass is 35.5. The molecule has 0 saturated carbocycles. The number of nitrogens with one attached hydrogen (secondary N) is 2. The first-order chi connectivity index (χ1) is 16.5. The molecule has 0 aliphatic rings. The zero-order valence-corrected chi connectivity index (χ0v) is 22.1. The molecule has 1 unspecified atom stereocenters. The van der Waals surface area contributed by atoms with Crippen molar-refractivity contribution in [3.8, 4) is 0 Å². The third-order valence-corrected chi connectivity index (χ3v) is 5.69. The van der Waals surface area contributed by atoms with E-state index in [0.717, 1.165) is 23.5 Å². The molecule has 2 heterocycles. The highest BCUT2D eigenvalue weighted by molar-refractivity contribution is 6.41. The molecule has 190 valence electrons. The number of pyridine rings is 2. The van der Waals surface area contributed by atoms with E-state index in [0.29, 0.717) is 40.9 Å². The van der Waals surface area contributed by atoms with Gasteiger partial charge < -0.3 is 10.6 Å². The quantitative estimate of drug-likeness (QED) is 0.207. The van der Waals surface area contributed by atoms with Crippen LogP contribution in [0.15, 0.2) is 48.3 Å². The van der Waals surface area contributed by atoms with Crippen LogP contribution in [0.5, 0.6) is 0 Å². The maximum Gasteiger partial charge on any atom is 0.253 e. The number of allylic oxidation sites excluding steroid dienone is 2. The van der Waals surface area contributed by atoms with Gasteiger partial charge in [0, 0.05) is 37.8 Å². The van der Waals surface area contributed by atoms with Crippen LogP contribution in [-0.2, 0) is 6.42 Å². The maximum absolute atomic E-state index is 10.6. The molecule has 14 heteroatoms. The average molecular weight is 566 g/mol. The van der Waals surface area contributed by atoms with Crippen molar-refractivity contribution in [2.45, 2.75) is 33.1 Å². The highest BCUT2D eigenvalue weighted by Gasteiger charge is 2.16. The van der Waals surface area contributed by atoms with Crippen molar-refractivity contribution in [3.63, 3.8) is 0 Å². The van der Waals surface area contributed by atoms with Gasteiger partial charge in [0.25, 0.3) is 12.4 Å². The minimum Gasteiger partial charge on any atom is -0.383 e. The Balaban J connectivity index is 0.000000351. The van der Waals surface area contributed by atoms with E-state index in [9.17, 15) is 20.2 Å². The molecule has 0 saturated heterocycles. The summed E-state index contributed by atoms with van der Waals surface area (Å²) in [6, 6.07) is 3.30. The zero-order valence-electron chi connectivity index (χ0n) is 19.1. The lowest BCUT2D eigenvalue weighted by Gasteiger charge is -2.15. The summed E-state index contributed by atoms with van der Waals surface area (Å²) in [6.07, 6.45) is 5.35. The standard InChI is InChI=1S/C11H13Cl2N3O2.C10H11Cl2N3O2/c1-3-14-10(6-16(17)18)7(2)8-4-9(12)11(13)15-5-8;1-2-13-8(6-15(16)17)3-7-4-9(11)10(12)14-5-7/h4-7,14H,3H2,1-2H3;4-6,13H,2-3H2,1H3/b10-6-;8-6-. The van der Waals surface area contributed by atoms with Gasteiger partial charge in [-0.1, -0.05) is 53.3 Å². The Morgan fingerprint density at radius 3 is 1.97 bits per heavy atom. The molecule has 2 rings (SSSR count). The van der Waals surface area contributed by atoms with Crippen molar-refractivity contribution in [2.75, 3.05) is 13.1 Å². The van der Waals surface area contributed by atoms with Crippen molar-refractivity contribution in [1.29, 1.82) is 0 Å². The van der Waals surface area contributed by atoms with Gasteiger partial charge in [0.1, 0.15) is 10.3 Å². The fourth-order valence-electron chi connectivity index (χ4n) is 2.77. The van der Waals surface area contributed by atoms with Gasteiger partial charge in [0.15, 0.2) is 0 Å². The number of nitrogens with zero attached hydrogens (tertiary/aromatic N) is 4. The summed E-state index contributed by atoms with van der Waals surface area (Å²) in [5.74, 6) is -0.211. The summed E-state index contributed by atoms with van der Waals surface area (Å²) in [5.41, 5.74) is 2.52. The van der Waals surface area contributed by atoms with Gasteiger partial charge in [-0.3, -0.25) is 20.2 Å². The van der Waals surface area contributed by atoms with Crippen LogP contribution in [0.4, 0.5) is 0 Å². The van der Waals surface area contributed by atoms with E-state index in [2.05, 4.69) is 20.6 Å². The molecule has 10 nitrogen and oxygen atoms in total. The number of halogens is 4. The van der Waals surface area contributed by atoms with Crippen LogP contribution in [0.1, 0.15) is 37.8 Å². The topological polar surface area (TPSA) is 136 Å². The van der Waals surface area contributed by atoms with Crippen molar-refractivity contribution in [2.24, 2.45) is 0 Å². The summed E-state index contributed by atoms with van der Waals surface area (Å²) < 4.78 is 0. The van der Waals surface area contributed by atoms with Crippen molar-refractivity contribution >= 4 is 46.4 Å². The number of hydrogen-bond donors (Lipinski definition) is 2. The molecule has 2 aromatic rings. The zero-order chi connectivity index (χ0) is 26.5. The largest absolute Gasteiger partial charge is 0.383 e. The minimum absolute atomic E-state index is 0.211. The first-order valence-corrected chi connectivity index (χ1v) is 11.8. The second-order valence-electron chi connectivity index (χ2n) is 6.93. The molecular formula is C21H24Cl4N6O4. The van der Waals surface area contributed by atoms with Gasteiger partial charge in [0.2, 0.25) is 0 Å². The summed E-state index contributed by atoms with van der Waals surface area (Å²) in [7, 11) is 0. The molecule has 1 atom stereocenters. The van der Waals surface area contributed by atoms with E-state index in [1.807, 2.05) is 20.8 Å². The van der Waals surface area contributed by atoms with Crippen molar-refractivity contribution in [1.82, 2.24) is 20.6 Å². The third kappa shape index (κ3) is 11.1. The van der Waals surface area contributed by atoms with Crippen LogP contribution < -0.4 is 10.6 Å². The van der Waals surface area contributed by atoms with Crippen molar-refractivity contribution < 1.29 is 9.85 Å². The lowest BCUT2D eigenvalue weighted by molar-refractivity contribution is -0.404. The van der Waals surface area contributed by atoms with E-state index < -0.39 is 9.85 Å². The second-order valence-corrected chi connectivity index (χ2v) is 8.46. The fraction of sp³-hybridized carbons (Fsp3) is 0.333. The molecular weight excluding hydrogens is 542 g/mol. The lowest BCUT2D eigenvalue weighted by Crippen LogP contribution is -2.18. The smallest absolute Gasteiger partial charge is 0.253 e. The molecule has 0 aliphatic carbocycles. The maximum atomic E-state index is 10.6. The van der Waals surface area contributed by atoms with Crippen LogP contribution in [0.2, 0.25) is 20.4 Å². The van der Waals surface area contributed by atoms with Crippen LogP contribution in [0.25, 0.3) is 0 Å². The predicted molar refractivity (Wildman–Crippen MR) is 138 cm³/mol. The number of nitro groups is 2. The third-order valence-electron chi connectivity index (χ3n) is 4.32. The summed E-state index contributed by atoms with van der Waals surface area (Å²) >= 11 is 23.1. The molecule has 0 bridgehead atoms. The second kappa shape index (κ2) is 15.4. The molecule has 0 radical (unpaired) electrons. The SMILES string of the molecule is CCN/C(=C\[N+](=O)[O-])C(C)c1cnc(Cl)c(Cl)c1.CCN/C(=C\[N+](=O)[O-])Cc1cnc(Cl)c(Cl)c1. The minimum atomic E-state index is -0.497. The Kier molecular flexibility index (Phi) is 13.3. The molecule has 0 fully saturated rings. The Bertz CT molecular complexity index is 1100. The van der Waals surface area contributed by atoms with E-state index in [-0.39, 0.29) is 16.2 Å². The van der Waals surface area contributed by atoms with Crippen LogP contribution >= 0.6 is 46.4 Å². The fourth-order valence-corrected chi connectivity index (χ4v) is 3.34. The molecule has 0 spiro atoms. The monoisotopic (exact) mass is 564 g/mol. The molecule has 0 aliphatic heterocycles. The number of aromatic nitrogens is 2. The molecule has 35 heavy (non-hydrogen) atoms. The highest BCUT2D eigenvalue weighted by Crippen LogP contribution is 2.27. The van der Waals surface area contributed by atoms with E-state index >= 15 is 0 Å². The Morgan fingerprint density at radius 2 is 1.49 bits per heavy atom. The van der Waals surface area contributed by atoms with Gasteiger partial charge in [-0.2, -0.15) is 0 Å². The van der Waals surface area contributed by atoms with Crippen molar-refractivity contribution in [3.05, 3.63) is 100 Å². The van der Waals surface area contributed by atoms with E-state index in [1.165, 1.54) is 0 Å². The van der Waals surface area contributed by atoms with Gasteiger partial charge in [-0.15, -0.1) is 0 Å². The number of likely N-dealkylation sites (N-methyl/N-ethyl adjacent to an activating group) is 2. The van der Waals surface area contributed by atoms with Crippen LogP contribution in [-0.4, -0.2) is 32.9 Å². The van der Waals surface area contributed by atoms with Crippen LogP contribution in [0.3, 0.4) is 0 Å². The molecule has 0 aromatic carbocycles. The van der Waals surface area contributed by atoms with Gasteiger partial charge in [-0.05, 0) is 37.1 Å². The van der Waals surface area contributed by atoms with Gasteiger partial charge >= 0.3 is 0 Å².